The molecule has 0 aliphatic carbocycles. The van der Waals surface area contributed by atoms with Crippen LogP contribution in [0.25, 0.3) is 0 Å². The molecule has 2 N–H and O–H groups in total. The highest BCUT2D eigenvalue weighted by atomic mass is 19.1. The van der Waals surface area contributed by atoms with Crippen molar-refractivity contribution in [3.63, 3.8) is 0 Å². The predicted octanol–water partition coefficient (Wildman–Crippen LogP) is 2.03. The third-order valence-electron chi connectivity index (χ3n) is 1.92. The highest BCUT2D eigenvalue weighted by Crippen LogP contribution is 2.12. The van der Waals surface area contributed by atoms with E-state index in [1.54, 1.807) is 13.0 Å². The maximum Gasteiger partial charge on any atom is 0.129 e. The van der Waals surface area contributed by atoms with Crippen LogP contribution in [-0.4, -0.2) is 6.54 Å². The summed E-state index contributed by atoms with van der Waals surface area (Å²) in [6.45, 7) is 2.40. The summed E-state index contributed by atoms with van der Waals surface area (Å²) in [6, 6.07) is 5.48. The summed E-state index contributed by atoms with van der Waals surface area (Å²) in [5, 5.41) is 0. The molecule has 0 heterocycles. The summed E-state index contributed by atoms with van der Waals surface area (Å²) in [5.41, 5.74) is 6.83. The van der Waals surface area contributed by atoms with Gasteiger partial charge >= 0.3 is 0 Å². The Kier molecular flexibility index (Phi) is 3.23. The van der Waals surface area contributed by atoms with Crippen molar-refractivity contribution in [1.82, 2.24) is 0 Å². The van der Waals surface area contributed by atoms with Crippen LogP contribution in [0.15, 0.2) is 18.2 Å². The van der Waals surface area contributed by atoms with Crippen LogP contribution < -0.4 is 5.73 Å². The van der Waals surface area contributed by atoms with E-state index in [9.17, 15) is 4.39 Å². The molecule has 0 atom stereocenters. The lowest BCUT2D eigenvalue weighted by Crippen LogP contribution is -2.02. The molecule has 66 valence electrons. The fourth-order valence-electron chi connectivity index (χ4n) is 1.19. The first kappa shape index (κ1) is 9.20. The Balaban J connectivity index is 2.78. The van der Waals surface area contributed by atoms with Crippen molar-refractivity contribution in [2.75, 3.05) is 6.54 Å². The zero-order valence-corrected chi connectivity index (χ0v) is 7.31. The molecule has 0 fully saturated rings. The van der Waals surface area contributed by atoms with Crippen LogP contribution in [0.3, 0.4) is 0 Å². The summed E-state index contributed by atoms with van der Waals surface area (Å²) >= 11 is 0. The summed E-state index contributed by atoms with van der Waals surface area (Å²) in [4.78, 5) is 0. The van der Waals surface area contributed by atoms with Crippen molar-refractivity contribution < 1.29 is 4.39 Å². The number of hydrogen-bond donors (Lipinski definition) is 1. The molecular weight excluding hydrogens is 153 g/mol. The molecule has 1 aromatic rings. The van der Waals surface area contributed by atoms with E-state index in [0.717, 1.165) is 18.4 Å². The topological polar surface area (TPSA) is 26.0 Å². The van der Waals surface area contributed by atoms with Crippen LogP contribution in [-0.2, 0) is 6.42 Å². The van der Waals surface area contributed by atoms with Gasteiger partial charge in [0.15, 0.2) is 0 Å². The number of halogens is 1. The molecule has 0 radical (unpaired) electrons. The Labute approximate surface area is 72.4 Å². The molecule has 0 aromatic heterocycles. The van der Waals surface area contributed by atoms with Gasteiger partial charge in [-0.1, -0.05) is 18.2 Å². The van der Waals surface area contributed by atoms with E-state index in [-0.39, 0.29) is 5.82 Å². The summed E-state index contributed by atoms with van der Waals surface area (Å²) in [6.07, 6.45) is 1.59. The normalized spacial score (nSPS) is 10.2. The van der Waals surface area contributed by atoms with E-state index in [4.69, 9.17) is 5.73 Å². The number of benzene rings is 1. The van der Waals surface area contributed by atoms with Crippen molar-refractivity contribution in [3.05, 3.63) is 35.1 Å². The Morgan fingerprint density at radius 1 is 1.42 bits per heavy atom. The molecule has 0 spiro atoms. The summed E-state index contributed by atoms with van der Waals surface area (Å²) in [7, 11) is 0. The average molecular weight is 167 g/mol. The van der Waals surface area contributed by atoms with Gasteiger partial charge in [-0.05, 0) is 37.4 Å². The second-order valence-corrected chi connectivity index (χ2v) is 2.94. The lowest BCUT2D eigenvalue weighted by atomic mass is 10.1. The molecule has 0 amide bonds. The first-order valence-corrected chi connectivity index (χ1v) is 4.19. The molecule has 0 saturated carbocycles. The van der Waals surface area contributed by atoms with Gasteiger partial charge in [-0.2, -0.15) is 0 Å². The lowest BCUT2D eigenvalue weighted by Gasteiger charge is -2.03. The molecule has 1 aromatic carbocycles. The quantitative estimate of drug-likeness (QED) is 0.732. The van der Waals surface area contributed by atoms with Crippen molar-refractivity contribution in [2.24, 2.45) is 5.73 Å². The zero-order valence-electron chi connectivity index (χ0n) is 7.31. The van der Waals surface area contributed by atoms with Crippen molar-refractivity contribution in [1.29, 1.82) is 0 Å². The lowest BCUT2D eigenvalue weighted by molar-refractivity contribution is 0.596. The van der Waals surface area contributed by atoms with Gasteiger partial charge in [-0.25, -0.2) is 4.39 Å². The van der Waals surface area contributed by atoms with Crippen LogP contribution >= 0.6 is 0 Å². The molecular formula is C10H14FN. The maximum atomic E-state index is 13.3. The number of nitrogens with two attached hydrogens (primary N) is 1. The Hall–Kier alpha value is -0.890. The van der Waals surface area contributed by atoms with Crippen LogP contribution in [0.5, 0.6) is 0 Å². The van der Waals surface area contributed by atoms with E-state index in [1.165, 1.54) is 0 Å². The second kappa shape index (κ2) is 4.21. The number of hydrogen-bond acceptors (Lipinski definition) is 1. The van der Waals surface area contributed by atoms with Crippen LogP contribution in [0, 0.1) is 12.7 Å². The van der Waals surface area contributed by atoms with Crippen LogP contribution in [0.2, 0.25) is 0 Å². The Morgan fingerprint density at radius 2 is 2.17 bits per heavy atom. The standard InChI is InChI=1S/C10H14FN/c1-8-4-2-5-9(10(8)11)6-3-7-12/h2,4-5H,3,6-7,12H2,1H3. The Morgan fingerprint density at radius 3 is 2.83 bits per heavy atom. The molecule has 0 bridgehead atoms. The highest BCUT2D eigenvalue weighted by Gasteiger charge is 2.02. The third-order valence-corrected chi connectivity index (χ3v) is 1.92. The van der Waals surface area contributed by atoms with E-state index in [0.29, 0.717) is 12.1 Å². The highest BCUT2D eigenvalue weighted by molar-refractivity contribution is 5.24. The molecule has 0 saturated heterocycles. The fraction of sp³-hybridized carbons (Fsp3) is 0.400. The van der Waals surface area contributed by atoms with Gasteiger partial charge in [0.25, 0.3) is 0 Å². The molecule has 12 heavy (non-hydrogen) atoms. The largest absolute Gasteiger partial charge is 0.330 e. The van der Waals surface area contributed by atoms with Gasteiger partial charge in [-0.15, -0.1) is 0 Å². The van der Waals surface area contributed by atoms with Gasteiger partial charge in [0, 0.05) is 0 Å². The molecule has 0 aliphatic heterocycles. The van der Waals surface area contributed by atoms with Gasteiger partial charge in [0.2, 0.25) is 0 Å². The Bertz CT molecular complexity index is 258. The van der Waals surface area contributed by atoms with E-state index in [2.05, 4.69) is 0 Å². The first-order chi connectivity index (χ1) is 5.75. The third kappa shape index (κ3) is 2.05. The average Bonchev–Trinajstić information content (AvgIpc) is 2.08. The minimum atomic E-state index is -0.0778. The SMILES string of the molecule is Cc1cccc(CCCN)c1F. The van der Waals surface area contributed by atoms with Gasteiger partial charge in [0.05, 0.1) is 0 Å². The van der Waals surface area contributed by atoms with Gasteiger partial charge in [-0.3, -0.25) is 0 Å². The van der Waals surface area contributed by atoms with Crippen molar-refractivity contribution >= 4 is 0 Å². The zero-order chi connectivity index (χ0) is 8.97. The fourth-order valence-corrected chi connectivity index (χ4v) is 1.19. The van der Waals surface area contributed by atoms with Crippen molar-refractivity contribution in [3.8, 4) is 0 Å². The molecule has 0 aliphatic rings. The second-order valence-electron chi connectivity index (χ2n) is 2.94. The van der Waals surface area contributed by atoms with Crippen LogP contribution in [0.1, 0.15) is 17.5 Å². The van der Waals surface area contributed by atoms with Gasteiger partial charge in [0.1, 0.15) is 5.82 Å². The molecule has 2 heteroatoms. The summed E-state index contributed by atoms with van der Waals surface area (Å²) in [5.74, 6) is -0.0778. The number of aryl methyl sites for hydroxylation is 2. The minimum absolute atomic E-state index is 0.0778. The first-order valence-electron chi connectivity index (χ1n) is 4.19. The molecule has 1 nitrogen and oxygen atoms in total. The minimum Gasteiger partial charge on any atom is -0.330 e. The van der Waals surface area contributed by atoms with E-state index in [1.807, 2.05) is 12.1 Å². The van der Waals surface area contributed by atoms with E-state index < -0.39 is 0 Å². The number of rotatable bonds is 3. The van der Waals surface area contributed by atoms with E-state index >= 15 is 0 Å². The molecule has 0 unspecified atom stereocenters. The van der Waals surface area contributed by atoms with Crippen molar-refractivity contribution in [2.45, 2.75) is 19.8 Å². The van der Waals surface area contributed by atoms with Crippen LogP contribution in [0.4, 0.5) is 4.39 Å². The van der Waals surface area contributed by atoms with Gasteiger partial charge < -0.3 is 5.73 Å². The maximum absolute atomic E-state index is 13.3. The predicted molar refractivity (Wildman–Crippen MR) is 48.5 cm³/mol. The smallest absolute Gasteiger partial charge is 0.129 e. The monoisotopic (exact) mass is 167 g/mol. The summed E-state index contributed by atoms with van der Waals surface area (Å²) < 4.78 is 13.3. The molecule has 1 rings (SSSR count).